The first kappa shape index (κ1) is 15.9. The minimum absolute atomic E-state index is 0.0400. The molecule has 6 nitrogen and oxygen atoms in total. The molecule has 1 aromatic rings. The van der Waals surface area contributed by atoms with Gasteiger partial charge in [0, 0.05) is 25.2 Å². The molecule has 124 valence electrons. The van der Waals surface area contributed by atoms with Crippen molar-refractivity contribution in [1.29, 1.82) is 0 Å². The van der Waals surface area contributed by atoms with Crippen LogP contribution in [0.4, 0.5) is 0 Å². The third kappa shape index (κ3) is 3.34. The number of nitrogens with zero attached hydrogens (tertiary/aromatic N) is 4. The molecule has 1 aromatic heterocycles. The van der Waals surface area contributed by atoms with Crippen molar-refractivity contribution in [1.82, 2.24) is 25.0 Å². The van der Waals surface area contributed by atoms with Crippen molar-refractivity contribution in [2.75, 3.05) is 13.1 Å². The lowest BCUT2D eigenvalue weighted by atomic mass is 10.1. The summed E-state index contributed by atoms with van der Waals surface area (Å²) >= 11 is 0. The first-order chi connectivity index (χ1) is 10.4. The minimum atomic E-state index is -0.134. The highest BCUT2D eigenvalue weighted by molar-refractivity contribution is 4.96. The Labute approximate surface area is 132 Å². The van der Waals surface area contributed by atoms with Gasteiger partial charge >= 0.3 is 0 Å². The third-order valence-corrected chi connectivity index (χ3v) is 4.92. The molecule has 0 bridgehead atoms. The summed E-state index contributed by atoms with van der Waals surface area (Å²) in [5.41, 5.74) is -0.0400. The standard InChI is InChI=1S/C16H29N5O/c1-16(2,3)21-15(18-11-19-21)9-17-13-5-4-6-14(13)20-8-7-12(22)10-20/h11-14,17,22H,4-10H2,1-3H3/t12?,13-,14+/m1/s1. The Bertz CT molecular complexity index is 495. The zero-order valence-electron chi connectivity index (χ0n) is 14.0. The number of hydrogen-bond donors (Lipinski definition) is 2. The van der Waals surface area contributed by atoms with Gasteiger partial charge < -0.3 is 10.4 Å². The summed E-state index contributed by atoms with van der Waals surface area (Å²) in [5.74, 6) is 1.000. The highest BCUT2D eigenvalue weighted by atomic mass is 16.3. The van der Waals surface area contributed by atoms with E-state index >= 15 is 0 Å². The summed E-state index contributed by atoms with van der Waals surface area (Å²) in [6.45, 7) is 9.07. The second-order valence-corrected chi connectivity index (χ2v) is 7.68. The molecule has 3 atom stereocenters. The second-order valence-electron chi connectivity index (χ2n) is 7.68. The molecule has 0 amide bonds. The van der Waals surface area contributed by atoms with Gasteiger partial charge in [0.2, 0.25) is 0 Å². The van der Waals surface area contributed by atoms with E-state index in [1.165, 1.54) is 19.3 Å². The van der Waals surface area contributed by atoms with Gasteiger partial charge in [0.05, 0.1) is 18.2 Å². The van der Waals surface area contributed by atoms with Gasteiger partial charge in [0.1, 0.15) is 12.2 Å². The van der Waals surface area contributed by atoms with E-state index in [2.05, 4.69) is 41.1 Å². The average Bonchev–Trinajstić information content (AvgIpc) is 3.14. The summed E-state index contributed by atoms with van der Waals surface area (Å²) < 4.78 is 2.00. The van der Waals surface area contributed by atoms with Gasteiger partial charge in [-0.25, -0.2) is 9.67 Å². The summed E-state index contributed by atoms with van der Waals surface area (Å²) in [6, 6.07) is 1.05. The molecule has 0 radical (unpaired) electrons. The van der Waals surface area contributed by atoms with Crippen molar-refractivity contribution < 1.29 is 5.11 Å². The number of likely N-dealkylation sites (tertiary alicyclic amines) is 1. The van der Waals surface area contributed by atoms with Gasteiger partial charge in [-0.2, -0.15) is 5.10 Å². The summed E-state index contributed by atoms with van der Waals surface area (Å²) in [7, 11) is 0. The van der Waals surface area contributed by atoms with E-state index in [-0.39, 0.29) is 11.6 Å². The van der Waals surface area contributed by atoms with Crippen LogP contribution in [0.2, 0.25) is 0 Å². The van der Waals surface area contributed by atoms with Crippen LogP contribution in [0.5, 0.6) is 0 Å². The van der Waals surface area contributed by atoms with Crippen LogP contribution in [-0.4, -0.2) is 56.0 Å². The van der Waals surface area contributed by atoms with Gasteiger partial charge in [-0.3, -0.25) is 4.90 Å². The van der Waals surface area contributed by atoms with Crippen LogP contribution in [0.15, 0.2) is 6.33 Å². The Morgan fingerprint density at radius 2 is 2.14 bits per heavy atom. The molecule has 6 heteroatoms. The van der Waals surface area contributed by atoms with E-state index < -0.39 is 0 Å². The Morgan fingerprint density at radius 3 is 2.82 bits per heavy atom. The van der Waals surface area contributed by atoms with Gasteiger partial charge in [0.15, 0.2) is 0 Å². The molecular formula is C16H29N5O. The van der Waals surface area contributed by atoms with Crippen LogP contribution < -0.4 is 5.32 Å². The maximum Gasteiger partial charge on any atom is 0.141 e. The molecule has 22 heavy (non-hydrogen) atoms. The molecule has 0 aromatic carbocycles. The number of rotatable bonds is 4. The van der Waals surface area contributed by atoms with Crippen molar-refractivity contribution in [2.45, 2.75) is 76.7 Å². The third-order valence-electron chi connectivity index (χ3n) is 4.92. The lowest BCUT2D eigenvalue weighted by molar-refractivity contribution is 0.149. The van der Waals surface area contributed by atoms with Crippen LogP contribution in [0.25, 0.3) is 0 Å². The summed E-state index contributed by atoms with van der Waals surface area (Å²) in [5, 5.41) is 17.8. The molecule has 2 fully saturated rings. The van der Waals surface area contributed by atoms with Gasteiger partial charge in [-0.05, 0) is 40.0 Å². The van der Waals surface area contributed by atoms with E-state index in [1.54, 1.807) is 6.33 Å². The predicted octanol–water partition coefficient (Wildman–Crippen LogP) is 1.11. The molecule has 3 rings (SSSR count). The molecule has 0 spiro atoms. The normalized spacial score (nSPS) is 30.3. The van der Waals surface area contributed by atoms with Crippen molar-refractivity contribution in [3.8, 4) is 0 Å². The van der Waals surface area contributed by atoms with Crippen molar-refractivity contribution in [3.63, 3.8) is 0 Å². The van der Waals surface area contributed by atoms with Crippen LogP contribution in [0, 0.1) is 0 Å². The molecule has 2 aliphatic rings. The first-order valence-corrected chi connectivity index (χ1v) is 8.50. The second kappa shape index (κ2) is 6.26. The number of aliphatic hydroxyl groups is 1. The molecule has 1 saturated carbocycles. The fraction of sp³-hybridized carbons (Fsp3) is 0.875. The van der Waals surface area contributed by atoms with Crippen LogP contribution >= 0.6 is 0 Å². The Morgan fingerprint density at radius 1 is 1.32 bits per heavy atom. The monoisotopic (exact) mass is 307 g/mol. The molecular weight excluding hydrogens is 278 g/mol. The quantitative estimate of drug-likeness (QED) is 0.872. The van der Waals surface area contributed by atoms with E-state index in [1.807, 2.05) is 4.68 Å². The fourth-order valence-electron chi connectivity index (χ4n) is 3.85. The molecule has 1 saturated heterocycles. The van der Waals surface area contributed by atoms with Gasteiger partial charge in [-0.15, -0.1) is 0 Å². The maximum absolute atomic E-state index is 9.77. The topological polar surface area (TPSA) is 66.2 Å². The number of aliphatic hydroxyl groups excluding tert-OH is 1. The molecule has 1 aliphatic carbocycles. The highest BCUT2D eigenvalue weighted by Crippen LogP contribution is 2.27. The van der Waals surface area contributed by atoms with Gasteiger partial charge in [0.25, 0.3) is 0 Å². The predicted molar refractivity (Wildman–Crippen MR) is 85.5 cm³/mol. The number of β-amino-alcohol motifs (C(OH)–C–C–N with tert-alkyl or cyclic N) is 1. The van der Waals surface area contributed by atoms with Crippen molar-refractivity contribution in [3.05, 3.63) is 12.2 Å². The molecule has 2 N–H and O–H groups in total. The number of aromatic nitrogens is 3. The molecule has 2 heterocycles. The summed E-state index contributed by atoms with van der Waals surface area (Å²) in [6.07, 6.45) is 6.13. The fourth-order valence-corrected chi connectivity index (χ4v) is 3.85. The lowest BCUT2D eigenvalue weighted by Gasteiger charge is -2.30. The minimum Gasteiger partial charge on any atom is -0.392 e. The van der Waals surface area contributed by atoms with E-state index in [0.29, 0.717) is 12.1 Å². The Kier molecular flexibility index (Phi) is 4.52. The zero-order chi connectivity index (χ0) is 15.7. The van der Waals surface area contributed by atoms with Crippen LogP contribution in [0.3, 0.4) is 0 Å². The SMILES string of the molecule is CC(C)(C)n1ncnc1CN[C@@H]1CCC[C@@H]1N1CCC(O)C1. The average molecular weight is 307 g/mol. The number of nitrogens with one attached hydrogen (secondary N) is 1. The first-order valence-electron chi connectivity index (χ1n) is 8.50. The molecule has 1 aliphatic heterocycles. The Hall–Kier alpha value is -0.980. The lowest BCUT2D eigenvalue weighted by Crippen LogP contribution is -2.46. The van der Waals surface area contributed by atoms with E-state index in [9.17, 15) is 5.11 Å². The number of hydrogen-bond acceptors (Lipinski definition) is 5. The maximum atomic E-state index is 9.77. The summed E-state index contributed by atoms with van der Waals surface area (Å²) in [4.78, 5) is 6.88. The van der Waals surface area contributed by atoms with E-state index in [0.717, 1.165) is 31.9 Å². The smallest absolute Gasteiger partial charge is 0.141 e. The van der Waals surface area contributed by atoms with Crippen LogP contribution in [0.1, 0.15) is 52.3 Å². The van der Waals surface area contributed by atoms with Gasteiger partial charge in [-0.1, -0.05) is 6.42 Å². The largest absolute Gasteiger partial charge is 0.392 e. The zero-order valence-corrected chi connectivity index (χ0v) is 14.0. The Balaban J connectivity index is 1.60. The van der Waals surface area contributed by atoms with E-state index in [4.69, 9.17) is 0 Å². The van der Waals surface area contributed by atoms with Crippen LogP contribution in [-0.2, 0) is 12.1 Å². The molecule has 1 unspecified atom stereocenters. The highest BCUT2D eigenvalue weighted by Gasteiger charge is 2.35. The van der Waals surface area contributed by atoms with Crippen molar-refractivity contribution in [2.24, 2.45) is 0 Å². The van der Waals surface area contributed by atoms with Crippen molar-refractivity contribution >= 4 is 0 Å².